The van der Waals surface area contributed by atoms with E-state index in [0.29, 0.717) is 98.2 Å². The summed E-state index contributed by atoms with van der Waals surface area (Å²) in [5, 5.41) is 0. The fourth-order valence-corrected chi connectivity index (χ4v) is 2.13. The summed E-state index contributed by atoms with van der Waals surface area (Å²) in [5.41, 5.74) is 6.33. The fourth-order valence-electron chi connectivity index (χ4n) is 2.13. The van der Waals surface area contributed by atoms with Crippen molar-refractivity contribution in [3.05, 3.63) is 24.3 Å². The van der Waals surface area contributed by atoms with Crippen LogP contribution in [-0.4, -0.2) is 99.6 Å². The first-order valence-corrected chi connectivity index (χ1v) is 10.3. The molecule has 0 aromatic heterocycles. The Balaban J connectivity index is 1.68. The zero-order valence-corrected chi connectivity index (χ0v) is 18.1. The molecule has 0 heterocycles. The molecule has 0 aliphatic heterocycles. The van der Waals surface area contributed by atoms with Crippen molar-refractivity contribution in [1.82, 2.24) is 0 Å². The molecule has 9 nitrogen and oxygen atoms in total. The Kier molecular flexibility index (Phi) is 18.4. The van der Waals surface area contributed by atoms with E-state index >= 15 is 0 Å². The summed E-state index contributed by atoms with van der Waals surface area (Å²) in [5.74, 6) is 0.779. The van der Waals surface area contributed by atoms with Crippen LogP contribution in [0.25, 0.3) is 0 Å². The summed E-state index contributed by atoms with van der Waals surface area (Å²) in [4.78, 5) is 0. The number of benzene rings is 1. The molecule has 0 saturated carbocycles. The minimum Gasteiger partial charge on any atom is -0.491 e. The summed E-state index contributed by atoms with van der Waals surface area (Å²) in [6, 6.07) is 7.27. The van der Waals surface area contributed by atoms with Crippen LogP contribution in [0.15, 0.2) is 24.3 Å². The van der Waals surface area contributed by atoms with Crippen LogP contribution < -0.4 is 10.5 Å². The highest BCUT2D eigenvalue weighted by molar-refractivity contribution is 5.41. The van der Waals surface area contributed by atoms with Crippen molar-refractivity contribution >= 4 is 5.69 Å². The molecule has 0 bridgehead atoms. The SMILES string of the molecule is COCCOCCOCCOCCOCCOCCOCCOc1ccc(N)cc1. The predicted molar refractivity (Wildman–Crippen MR) is 113 cm³/mol. The highest BCUT2D eigenvalue weighted by Gasteiger charge is 1.96. The molecule has 2 N–H and O–H groups in total. The van der Waals surface area contributed by atoms with Gasteiger partial charge >= 0.3 is 0 Å². The van der Waals surface area contributed by atoms with Gasteiger partial charge in [0.05, 0.1) is 85.9 Å². The molecule has 0 aliphatic rings. The first-order valence-electron chi connectivity index (χ1n) is 10.3. The number of hydrogen-bond donors (Lipinski definition) is 1. The highest BCUT2D eigenvalue weighted by atomic mass is 16.6. The van der Waals surface area contributed by atoms with Gasteiger partial charge in [-0.3, -0.25) is 0 Å². The Labute approximate surface area is 179 Å². The molecular weight excluding hydrogens is 394 g/mol. The molecule has 1 aromatic carbocycles. The minimum absolute atomic E-state index is 0.486. The second kappa shape index (κ2) is 20.8. The Morgan fingerprint density at radius 3 is 1.20 bits per heavy atom. The van der Waals surface area contributed by atoms with E-state index in [9.17, 15) is 0 Å². The molecule has 0 radical (unpaired) electrons. The largest absolute Gasteiger partial charge is 0.491 e. The molecule has 0 aliphatic carbocycles. The van der Waals surface area contributed by atoms with Gasteiger partial charge in [-0.1, -0.05) is 0 Å². The van der Waals surface area contributed by atoms with Gasteiger partial charge in [-0.05, 0) is 24.3 Å². The van der Waals surface area contributed by atoms with E-state index in [1.54, 1.807) is 19.2 Å². The average molecular weight is 432 g/mol. The monoisotopic (exact) mass is 431 g/mol. The van der Waals surface area contributed by atoms with Crippen LogP contribution in [0.3, 0.4) is 0 Å². The number of anilines is 1. The zero-order valence-electron chi connectivity index (χ0n) is 18.1. The van der Waals surface area contributed by atoms with E-state index in [0.717, 1.165) is 5.75 Å². The van der Waals surface area contributed by atoms with Gasteiger partial charge in [0.1, 0.15) is 12.4 Å². The summed E-state index contributed by atoms with van der Waals surface area (Å²) in [7, 11) is 1.65. The minimum atomic E-state index is 0.486. The van der Waals surface area contributed by atoms with E-state index in [2.05, 4.69) is 0 Å². The fraction of sp³-hybridized carbons (Fsp3) is 0.714. The quantitative estimate of drug-likeness (QED) is 0.216. The molecule has 1 aromatic rings. The lowest BCUT2D eigenvalue weighted by molar-refractivity contribution is -0.0199. The molecular formula is C21H37NO8. The van der Waals surface area contributed by atoms with Crippen molar-refractivity contribution in [2.45, 2.75) is 0 Å². The van der Waals surface area contributed by atoms with Crippen LogP contribution in [-0.2, 0) is 33.2 Å². The van der Waals surface area contributed by atoms with Crippen molar-refractivity contribution < 1.29 is 37.9 Å². The van der Waals surface area contributed by atoms with E-state index in [-0.39, 0.29) is 0 Å². The third-order valence-electron chi connectivity index (χ3n) is 3.67. The molecule has 0 unspecified atom stereocenters. The standard InChI is InChI=1S/C21H37NO8/c1-23-6-7-24-8-9-25-10-11-26-12-13-27-14-15-28-16-17-29-18-19-30-21-4-2-20(22)3-5-21/h2-5H,6-19,22H2,1H3. The number of nitrogen functional groups attached to an aromatic ring is 1. The van der Waals surface area contributed by atoms with Crippen LogP contribution in [0.1, 0.15) is 0 Å². The molecule has 0 atom stereocenters. The van der Waals surface area contributed by atoms with Gasteiger partial charge in [0.15, 0.2) is 0 Å². The normalized spacial score (nSPS) is 11.1. The number of rotatable bonds is 22. The number of methoxy groups -OCH3 is 1. The molecule has 9 heteroatoms. The van der Waals surface area contributed by atoms with Crippen molar-refractivity contribution in [3.63, 3.8) is 0 Å². The van der Waals surface area contributed by atoms with Crippen LogP contribution in [0.2, 0.25) is 0 Å². The lowest BCUT2D eigenvalue weighted by atomic mass is 10.3. The van der Waals surface area contributed by atoms with Crippen LogP contribution in [0.4, 0.5) is 5.69 Å². The second-order valence-corrected chi connectivity index (χ2v) is 6.08. The second-order valence-electron chi connectivity index (χ2n) is 6.08. The molecule has 30 heavy (non-hydrogen) atoms. The average Bonchev–Trinajstić information content (AvgIpc) is 2.76. The summed E-state index contributed by atoms with van der Waals surface area (Å²) < 4.78 is 42.8. The first-order chi connectivity index (χ1) is 14.8. The van der Waals surface area contributed by atoms with E-state index < -0.39 is 0 Å². The third kappa shape index (κ3) is 17.4. The predicted octanol–water partition coefficient (Wildman–Crippen LogP) is 1.39. The Hall–Kier alpha value is -1.46. The maximum atomic E-state index is 5.62. The van der Waals surface area contributed by atoms with Crippen molar-refractivity contribution in [1.29, 1.82) is 0 Å². The van der Waals surface area contributed by atoms with Gasteiger partial charge in [0.2, 0.25) is 0 Å². The van der Waals surface area contributed by atoms with Crippen molar-refractivity contribution in [3.8, 4) is 5.75 Å². The molecule has 0 saturated heterocycles. The van der Waals surface area contributed by atoms with Gasteiger partial charge < -0.3 is 43.6 Å². The Bertz CT molecular complexity index is 475. The van der Waals surface area contributed by atoms with Crippen LogP contribution in [0, 0.1) is 0 Å². The lowest BCUT2D eigenvalue weighted by Gasteiger charge is -2.09. The molecule has 174 valence electrons. The lowest BCUT2D eigenvalue weighted by Crippen LogP contribution is -2.15. The van der Waals surface area contributed by atoms with Crippen molar-refractivity contribution in [2.24, 2.45) is 0 Å². The van der Waals surface area contributed by atoms with Gasteiger partial charge in [-0.2, -0.15) is 0 Å². The molecule has 0 amide bonds. The van der Waals surface area contributed by atoms with Crippen molar-refractivity contribution in [2.75, 3.05) is 105 Å². The van der Waals surface area contributed by atoms with E-state index in [1.807, 2.05) is 12.1 Å². The summed E-state index contributed by atoms with van der Waals surface area (Å²) in [6.07, 6.45) is 0. The first kappa shape index (κ1) is 26.6. The van der Waals surface area contributed by atoms with Crippen LogP contribution in [0.5, 0.6) is 5.75 Å². The van der Waals surface area contributed by atoms with Gasteiger partial charge in [-0.25, -0.2) is 0 Å². The van der Waals surface area contributed by atoms with Gasteiger partial charge in [0, 0.05) is 12.8 Å². The number of nitrogens with two attached hydrogens (primary N) is 1. The third-order valence-corrected chi connectivity index (χ3v) is 3.67. The Morgan fingerprint density at radius 1 is 0.500 bits per heavy atom. The maximum Gasteiger partial charge on any atom is 0.119 e. The molecule has 0 fully saturated rings. The smallest absolute Gasteiger partial charge is 0.119 e. The maximum absolute atomic E-state index is 5.62. The number of ether oxygens (including phenoxy) is 8. The summed E-state index contributed by atoms with van der Waals surface area (Å²) >= 11 is 0. The van der Waals surface area contributed by atoms with Gasteiger partial charge in [-0.15, -0.1) is 0 Å². The molecule has 1 rings (SSSR count). The number of hydrogen-bond acceptors (Lipinski definition) is 9. The van der Waals surface area contributed by atoms with E-state index in [4.69, 9.17) is 43.6 Å². The van der Waals surface area contributed by atoms with Gasteiger partial charge in [0.25, 0.3) is 0 Å². The Morgan fingerprint density at radius 2 is 0.833 bits per heavy atom. The zero-order chi connectivity index (χ0) is 21.5. The molecule has 0 spiro atoms. The topological polar surface area (TPSA) is 99.9 Å². The summed E-state index contributed by atoms with van der Waals surface area (Å²) in [6.45, 7) is 7.54. The highest BCUT2D eigenvalue weighted by Crippen LogP contribution is 2.12. The van der Waals surface area contributed by atoms with E-state index in [1.165, 1.54) is 0 Å². The van der Waals surface area contributed by atoms with Crippen LogP contribution >= 0.6 is 0 Å².